The van der Waals surface area contributed by atoms with Gasteiger partial charge in [-0.1, -0.05) is 12.8 Å². The Labute approximate surface area is 84.9 Å². The minimum absolute atomic E-state index is 0.101. The summed E-state index contributed by atoms with van der Waals surface area (Å²) in [5.41, 5.74) is -0.227. The molecule has 0 spiro atoms. The molecule has 0 aromatic heterocycles. The molecule has 0 unspecified atom stereocenters. The van der Waals surface area contributed by atoms with Gasteiger partial charge in [0.25, 0.3) is 0 Å². The average Bonchev–Trinajstić information content (AvgIpc) is 2.74. The van der Waals surface area contributed by atoms with Gasteiger partial charge < -0.3 is 10.4 Å². The van der Waals surface area contributed by atoms with Crippen LogP contribution in [0.4, 0.5) is 0 Å². The third-order valence-electron chi connectivity index (χ3n) is 3.51. The molecule has 0 atom stereocenters. The molecule has 0 aromatic rings. The summed E-state index contributed by atoms with van der Waals surface area (Å²) in [4.78, 5) is 11.6. The largest absolute Gasteiger partial charge is 0.394 e. The first-order valence-corrected chi connectivity index (χ1v) is 5.66. The predicted octanol–water partition coefficient (Wildman–Crippen LogP) is 1.21. The second-order valence-corrected chi connectivity index (χ2v) is 4.84. The molecule has 0 bridgehead atoms. The Hall–Kier alpha value is -0.570. The summed E-state index contributed by atoms with van der Waals surface area (Å²) >= 11 is 0. The van der Waals surface area contributed by atoms with E-state index in [-0.39, 0.29) is 18.1 Å². The first kappa shape index (κ1) is 9.97. The number of hydrogen-bond donors (Lipinski definition) is 2. The zero-order valence-electron chi connectivity index (χ0n) is 8.59. The van der Waals surface area contributed by atoms with Crippen molar-refractivity contribution in [1.29, 1.82) is 0 Å². The van der Waals surface area contributed by atoms with E-state index in [4.69, 9.17) is 5.11 Å². The van der Waals surface area contributed by atoms with Crippen molar-refractivity contribution in [3.63, 3.8) is 0 Å². The van der Waals surface area contributed by atoms with E-state index in [1.807, 2.05) is 0 Å². The number of nitrogens with one attached hydrogen (secondary N) is 1. The van der Waals surface area contributed by atoms with Crippen molar-refractivity contribution in [3.8, 4) is 0 Å². The molecule has 2 aliphatic carbocycles. The lowest BCUT2D eigenvalue weighted by Gasteiger charge is -2.16. The summed E-state index contributed by atoms with van der Waals surface area (Å²) in [7, 11) is 0. The zero-order valence-corrected chi connectivity index (χ0v) is 8.59. The molecule has 2 aliphatic rings. The van der Waals surface area contributed by atoms with E-state index in [1.54, 1.807) is 0 Å². The van der Waals surface area contributed by atoms with E-state index in [0.717, 1.165) is 12.8 Å². The maximum absolute atomic E-state index is 11.6. The van der Waals surface area contributed by atoms with Gasteiger partial charge in [0.05, 0.1) is 12.1 Å². The van der Waals surface area contributed by atoms with Gasteiger partial charge in [-0.25, -0.2) is 0 Å². The highest BCUT2D eigenvalue weighted by atomic mass is 16.3. The number of aliphatic hydroxyl groups is 1. The van der Waals surface area contributed by atoms with Gasteiger partial charge in [0.2, 0.25) is 5.91 Å². The van der Waals surface area contributed by atoms with E-state index in [2.05, 4.69) is 5.32 Å². The summed E-state index contributed by atoms with van der Waals surface area (Å²) < 4.78 is 0. The van der Waals surface area contributed by atoms with Gasteiger partial charge in [-0.2, -0.15) is 0 Å². The van der Waals surface area contributed by atoms with Gasteiger partial charge in [-0.05, 0) is 31.6 Å². The zero-order chi connectivity index (χ0) is 10.0. The summed E-state index contributed by atoms with van der Waals surface area (Å²) in [5.74, 6) is 0.743. The fraction of sp³-hybridized carbons (Fsp3) is 0.909. The SMILES string of the molecule is O=C(CC1CCCC1)NC1(CO)CC1. The molecular weight excluding hydrogens is 178 g/mol. The van der Waals surface area contributed by atoms with Gasteiger partial charge in [-0.3, -0.25) is 4.79 Å². The van der Waals surface area contributed by atoms with Crippen LogP contribution in [0.15, 0.2) is 0 Å². The molecular formula is C11H19NO2. The van der Waals surface area contributed by atoms with Crippen molar-refractivity contribution >= 4 is 5.91 Å². The predicted molar refractivity (Wildman–Crippen MR) is 53.8 cm³/mol. The van der Waals surface area contributed by atoms with Crippen LogP contribution >= 0.6 is 0 Å². The minimum Gasteiger partial charge on any atom is -0.394 e. The van der Waals surface area contributed by atoms with Gasteiger partial charge in [0, 0.05) is 6.42 Å². The molecule has 3 heteroatoms. The van der Waals surface area contributed by atoms with Crippen molar-refractivity contribution in [3.05, 3.63) is 0 Å². The number of carbonyl (C=O) groups is 1. The fourth-order valence-electron chi connectivity index (χ4n) is 2.30. The van der Waals surface area contributed by atoms with Crippen LogP contribution in [0, 0.1) is 5.92 Å². The Morgan fingerprint density at radius 1 is 1.36 bits per heavy atom. The number of hydrogen-bond acceptors (Lipinski definition) is 2. The number of rotatable bonds is 4. The van der Waals surface area contributed by atoms with Crippen molar-refractivity contribution in [2.75, 3.05) is 6.61 Å². The molecule has 0 saturated heterocycles. The van der Waals surface area contributed by atoms with E-state index in [0.29, 0.717) is 12.3 Å². The highest BCUT2D eigenvalue weighted by Crippen LogP contribution is 2.35. The first-order chi connectivity index (χ1) is 6.74. The molecule has 0 radical (unpaired) electrons. The molecule has 0 aromatic carbocycles. The van der Waals surface area contributed by atoms with Crippen molar-refractivity contribution < 1.29 is 9.90 Å². The van der Waals surface area contributed by atoms with Gasteiger partial charge in [0.1, 0.15) is 0 Å². The van der Waals surface area contributed by atoms with E-state index in [1.165, 1.54) is 25.7 Å². The lowest BCUT2D eigenvalue weighted by Crippen LogP contribution is -2.40. The molecule has 80 valence electrons. The highest BCUT2D eigenvalue weighted by Gasteiger charge is 2.43. The van der Waals surface area contributed by atoms with Crippen LogP contribution in [0.3, 0.4) is 0 Å². The second kappa shape index (κ2) is 3.89. The normalized spacial score (nSPS) is 24.9. The molecule has 0 heterocycles. The van der Waals surface area contributed by atoms with Crippen LogP contribution in [-0.4, -0.2) is 23.2 Å². The Bertz CT molecular complexity index is 217. The average molecular weight is 197 g/mol. The van der Waals surface area contributed by atoms with Crippen LogP contribution < -0.4 is 5.32 Å². The second-order valence-electron chi connectivity index (χ2n) is 4.84. The topological polar surface area (TPSA) is 49.3 Å². The maximum atomic E-state index is 11.6. The Morgan fingerprint density at radius 3 is 2.50 bits per heavy atom. The molecule has 2 rings (SSSR count). The maximum Gasteiger partial charge on any atom is 0.220 e. The summed E-state index contributed by atoms with van der Waals surface area (Å²) in [6.07, 6.45) is 7.53. The van der Waals surface area contributed by atoms with E-state index in [9.17, 15) is 4.79 Å². The highest BCUT2D eigenvalue weighted by molar-refractivity contribution is 5.77. The Morgan fingerprint density at radius 2 is 2.00 bits per heavy atom. The molecule has 2 saturated carbocycles. The quantitative estimate of drug-likeness (QED) is 0.711. The van der Waals surface area contributed by atoms with Gasteiger partial charge in [0.15, 0.2) is 0 Å². The number of aliphatic hydroxyl groups excluding tert-OH is 1. The molecule has 3 nitrogen and oxygen atoms in total. The monoisotopic (exact) mass is 197 g/mol. The van der Waals surface area contributed by atoms with Crippen LogP contribution in [0.5, 0.6) is 0 Å². The molecule has 14 heavy (non-hydrogen) atoms. The van der Waals surface area contributed by atoms with Crippen LogP contribution in [-0.2, 0) is 4.79 Å². The summed E-state index contributed by atoms with van der Waals surface area (Å²) in [6, 6.07) is 0. The van der Waals surface area contributed by atoms with E-state index >= 15 is 0 Å². The molecule has 1 amide bonds. The fourth-order valence-corrected chi connectivity index (χ4v) is 2.30. The third-order valence-corrected chi connectivity index (χ3v) is 3.51. The summed E-state index contributed by atoms with van der Waals surface area (Å²) in [5, 5.41) is 12.0. The summed E-state index contributed by atoms with van der Waals surface area (Å²) in [6.45, 7) is 0.101. The molecule has 2 N–H and O–H groups in total. The lowest BCUT2D eigenvalue weighted by molar-refractivity contribution is -0.123. The smallest absolute Gasteiger partial charge is 0.220 e. The molecule has 2 fully saturated rings. The van der Waals surface area contributed by atoms with Crippen molar-refractivity contribution in [1.82, 2.24) is 5.32 Å². The van der Waals surface area contributed by atoms with Gasteiger partial charge in [-0.15, -0.1) is 0 Å². The number of carbonyl (C=O) groups excluding carboxylic acids is 1. The first-order valence-electron chi connectivity index (χ1n) is 5.66. The minimum atomic E-state index is -0.227. The van der Waals surface area contributed by atoms with Crippen LogP contribution in [0.1, 0.15) is 44.9 Å². The Balaban J connectivity index is 1.73. The van der Waals surface area contributed by atoms with Crippen LogP contribution in [0.2, 0.25) is 0 Å². The number of amides is 1. The van der Waals surface area contributed by atoms with Crippen molar-refractivity contribution in [2.24, 2.45) is 5.92 Å². The van der Waals surface area contributed by atoms with E-state index < -0.39 is 0 Å². The third kappa shape index (κ3) is 2.27. The standard InChI is InChI=1S/C11H19NO2/c13-8-11(5-6-11)12-10(14)7-9-3-1-2-4-9/h9,13H,1-8H2,(H,12,14). The van der Waals surface area contributed by atoms with Crippen molar-refractivity contribution in [2.45, 2.75) is 50.5 Å². The molecule has 0 aliphatic heterocycles. The Kier molecular flexibility index (Phi) is 2.77. The van der Waals surface area contributed by atoms with Gasteiger partial charge >= 0.3 is 0 Å². The lowest BCUT2D eigenvalue weighted by atomic mass is 10.0. The van der Waals surface area contributed by atoms with Crippen LogP contribution in [0.25, 0.3) is 0 Å².